The fourth-order valence-electron chi connectivity index (χ4n) is 16.7. The highest BCUT2D eigenvalue weighted by Crippen LogP contribution is 2.47. The van der Waals surface area contributed by atoms with Crippen LogP contribution in [0.5, 0.6) is 0 Å². The molecule has 35 heteroatoms. The highest BCUT2D eigenvalue weighted by atomic mass is 19.3. The van der Waals surface area contributed by atoms with Crippen LogP contribution in [0.25, 0.3) is 137 Å². The number of rotatable bonds is 17. The molecule has 15 aromatic heterocycles. The largest absolute Gasteiger partial charge is 0.394 e. The zero-order valence-corrected chi connectivity index (χ0v) is 72.5. The average molecular weight is 1790 g/mol. The van der Waals surface area contributed by atoms with Crippen molar-refractivity contribution < 1.29 is 26.8 Å². The summed E-state index contributed by atoms with van der Waals surface area (Å²) in [6.07, 6.45) is 18.5. The van der Waals surface area contributed by atoms with E-state index in [9.17, 15) is 22.0 Å². The van der Waals surface area contributed by atoms with E-state index in [1.165, 1.54) is 39.8 Å². The highest BCUT2D eigenvalue weighted by Gasteiger charge is 2.59. The Morgan fingerprint density at radius 2 is 0.970 bits per heavy atom. The molecule has 0 amide bonds. The van der Waals surface area contributed by atoms with Crippen molar-refractivity contribution >= 4 is 161 Å². The monoisotopic (exact) mass is 1790 g/mol. The summed E-state index contributed by atoms with van der Waals surface area (Å²) >= 11 is 0. The van der Waals surface area contributed by atoms with Crippen LogP contribution < -0.4 is 21.3 Å². The van der Waals surface area contributed by atoms with E-state index in [0.717, 1.165) is 159 Å². The Morgan fingerprint density at radius 3 is 1.50 bits per heavy atom. The number of alkyl halides is 4. The van der Waals surface area contributed by atoms with E-state index >= 15 is 0 Å². The summed E-state index contributed by atoms with van der Waals surface area (Å²) in [6, 6.07) is 71.5. The van der Waals surface area contributed by atoms with Crippen molar-refractivity contribution in [2.75, 3.05) is 27.9 Å². The van der Waals surface area contributed by atoms with Crippen LogP contribution in [0.4, 0.5) is 68.0 Å². The van der Waals surface area contributed by atoms with E-state index < -0.39 is 17.3 Å². The number of nitrogens with zero attached hydrogens (tertiary/aromatic N) is 20. The Hall–Kier alpha value is -17.7. The van der Waals surface area contributed by atoms with Crippen molar-refractivity contribution in [3.63, 3.8) is 0 Å². The Balaban J connectivity index is 0.000000104. The molecule has 0 spiro atoms. The van der Waals surface area contributed by atoms with Crippen LogP contribution in [-0.2, 0) is 43.1 Å². The van der Waals surface area contributed by atoms with Gasteiger partial charge in [0, 0.05) is 134 Å². The standard InChI is InChI=1S/C21H17F2N7.C21H18F2N6O.C20H16N6.C19H16FN3.C18H13N7/c1-21(22,23)17-11-16(30(2)29-17)18-14-6-5-13(10-12(14)7-9-25-18)26-20-19-15(27-28-20)4-3-8-24-19;1-12-21(11-30-29-12,20(2,22)23)18-15-6-5-14(10-13(15)7-9-25-18)26-19-17-16(27-28-19)4-3-8-24-17;1-26-18(9-11-22-26)16-5-2-4-13-12-14(7-8-15(13)16)23-20-19-17(24-25-20)6-3-10-21-19;1-2-13-6-8-16(20)15-10-12(5-7-14(13)15)11-18-19-17(22-23-18)4-3-9-21-19;1-3-12-9-13(22-18-17-15(23-24-18)4-2-8-20-17)6-7-14(12)16(5-1)25-11-19-10-21-25/h3-11H,1-2H3,(H2,26,27,28);3-10H,11H2,1-2H3,(H2,26,27,28);2-12H,1H3,(H2,23,24,25);3-10H,2,11H2,1H3,(H,22,23);1-11H,(H2,22,23,24). The van der Waals surface area contributed by atoms with Crippen LogP contribution in [0.3, 0.4) is 0 Å². The molecular formula is C99H80F5N29O. The molecule has 23 aromatic rings. The molecule has 8 aromatic carbocycles. The zero-order chi connectivity index (χ0) is 91.8. The number of H-pyrrole nitrogens is 5. The van der Waals surface area contributed by atoms with Crippen LogP contribution in [-0.4, -0.2) is 138 Å². The molecule has 9 N–H and O–H groups in total. The third kappa shape index (κ3) is 16.6. The van der Waals surface area contributed by atoms with Gasteiger partial charge in [-0.25, -0.2) is 22.8 Å². The van der Waals surface area contributed by atoms with Gasteiger partial charge in [0.25, 0.3) is 11.8 Å². The molecule has 0 saturated carbocycles. The van der Waals surface area contributed by atoms with Gasteiger partial charge in [0.15, 0.2) is 28.7 Å². The first kappa shape index (κ1) is 84.5. The van der Waals surface area contributed by atoms with E-state index in [4.69, 9.17) is 4.84 Å². The second-order valence-electron chi connectivity index (χ2n) is 32.1. The van der Waals surface area contributed by atoms with Gasteiger partial charge in [-0.15, -0.1) is 0 Å². The maximum absolute atomic E-state index is 14.8. The van der Waals surface area contributed by atoms with Crippen LogP contribution in [0, 0.1) is 5.82 Å². The number of pyridine rings is 7. The molecule has 0 aliphatic carbocycles. The third-order valence-electron chi connectivity index (χ3n) is 23.5. The van der Waals surface area contributed by atoms with E-state index in [0.29, 0.717) is 51.6 Å². The molecule has 1 aliphatic rings. The van der Waals surface area contributed by atoms with E-state index in [2.05, 4.69) is 200 Å². The Labute approximate surface area is 757 Å². The SMILES string of the molecule is CC1=NOCC1(c1nccc2cc(Nc3n[nH]c4cccnc34)ccc12)C(C)(F)F.CCc1ccc(F)c2cc(Cc3[nH]nc4cccnc34)ccc12.Cn1nc(C(C)(F)F)cc1-c1nccc2cc(Nc3n[nH]c4cccnc34)ccc12.Cn1nccc1-c1cccc2cc(Nc3n[nH]c4cccnc34)ccc12.c1cc(-n2cncn2)c2ccc(Nc3n[nH]c4cccnc34)cc2c1. The van der Waals surface area contributed by atoms with Gasteiger partial charge in [-0.2, -0.15) is 49.6 Å². The molecule has 134 heavy (non-hydrogen) atoms. The minimum absolute atomic E-state index is 0.174. The van der Waals surface area contributed by atoms with Crippen molar-refractivity contribution in [2.45, 2.75) is 57.8 Å². The Kier molecular flexibility index (Phi) is 22.3. The minimum Gasteiger partial charge on any atom is -0.394 e. The molecule has 16 heterocycles. The van der Waals surface area contributed by atoms with Crippen molar-refractivity contribution in [3.05, 3.63) is 321 Å². The molecule has 0 fully saturated rings. The van der Waals surface area contributed by atoms with Crippen molar-refractivity contribution in [1.29, 1.82) is 0 Å². The molecule has 1 aliphatic heterocycles. The molecule has 0 radical (unpaired) electrons. The van der Waals surface area contributed by atoms with Gasteiger partial charge < -0.3 is 26.1 Å². The predicted molar refractivity (Wildman–Crippen MR) is 510 cm³/mol. The summed E-state index contributed by atoms with van der Waals surface area (Å²) in [5.74, 6) is -3.65. The normalized spacial score (nSPS) is 13.2. The molecule has 1 unspecified atom stereocenters. The molecule has 30 nitrogen and oxygen atoms in total. The van der Waals surface area contributed by atoms with Crippen LogP contribution >= 0.6 is 0 Å². The molecule has 24 rings (SSSR count). The topological polar surface area (TPSA) is 370 Å². The summed E-state index contributed by atoms with van der Waals surface area (Å²) in [6.45, 7) is 5.10. The van der Waals surface area contributed by atoms with Crippen molar-refractivity contribution in [2.24, 2.45) is 19.3 Å². The maximum Gasteiger partial charge on any atom is 0.288 e. The van der Waals surface area contributed by atoms with E-state index in [1.807, 2.05) is 151 Å². The summed E-state index contributed by atoms with van der Waals surface area (Å²) in [5.41, 5.74) is 17.8. The summed E-state index contributed by atoms with van der Waals surface area (Å²) < 4.78 is 76.3. The molecule has 1 atom stereocenters. The number of oxime groups is 1. The van der Waals surface area contributed by atoms with Crippen molar-refractivity contribution in [3.8, 4) is 28.3 Å². The lowest BCUT2D eigenvalue weighted by Gasteiger charge is -2.33. The molecule has 662 valence electrons. The Morgan fingerprint density at radius 1 is 0.448 bits per heavy atom. The number of hydrogen-bond donors (Lipinski definition) is 9. The van der Waals surface area contributed by atoms with Crippen LogP contribution in [0.2, 0.25) is 0 Å². The summed E-state index contributed by atoms with van der Waals surface area (Å²) in [7, 11) is 3.59. The van der Waals surface area contributed by atoms with Gasteiger partial charge in [-0.3, -0.25) is 69.7 Å². The second kappa shape index (κ2) is 35.4. The van der Waals surface area contributed by atoms with E-state index in [-0.39, 0.29) is 29.5 Å². The number of halogens is 5. The number of anilines is 8. The first-order valence-electron chi connectivity index (χ1n) is 42.6. The lowest BCUT2D eigenvalue weighted by atomic mass is 9.74. The minimum atomic E-state index is -3.10. The van der Waals surface area contributed by atoms with Crippen LogP contribution in [0.15, 0.2) is 292 Å². The number of benzene rings is 8. The van der Waals surface area contributed by atoms with Crippen LogP contribution in [0.1, 0.15) is 55.9 Å². The van der Waals surface area contributed by atoms with Gasteiger partial charge in [-0.1, -0.05) is 84.9 Å². The number of fused-ring (bicyclic) bond motifs is 10. The molecule has 0 bridgehead atoms. The lowest BCUT2D eigenvalue weighted by Crippen LogP contribution is -2.50. The van der Waals surface area contributed by atoms with Gasteiger partial charge in [-0.05, 0) is 208 Å². The lowest BCUT2D eigenvalue weighted by molar-refractivity contribution is -0.0523. The third-order valence-corrected chi connectivity index (χ3v) is 23.5. The smallest absolute Gasteiger partial charge is 0.288 e. The number of aromatic nitrogens is 24. The zero-order valence-electron chi connectivity index (χ0n) is 72.5. The van der Waals surface area contributed by atoms with Gasteiger partial charge in [0.2, 0.25) is 0 Å². The predicted octanol–water partition coefficient (Wildman–Crippen LogP) is 21.4. The van der Waals surface area contributed by atoms with E-state index in [1.54, 1.807) is 86.4 Å². The highest BCUT2D eigenvalue weighted by molar-refractivity contribution is 6.03. The number of aryl methyl sites for hydroxylation is 3. The summed E-state index contributed by atoms with van der Waals surface area (Å²) in [5, 5.41) is 75.1. The Bertz CT molecular complexity index is 8330. The number of nitrogens with one attached hydrogen (secondary N) is 9. The average Bonchev–Trinajstić information content (AvgIpc) is 1.11. The first-order chi connectivity index (χ1) is 65.2. The summed E-state index contributed by atoms with van der Waals surface area (Å²) in [4.78, 5) is 39.7. The van der Waals surface area contributed by atoms with Crippen molar-refractivity contribution in [1.82, 2.24) is 120 Å². The van der Waals surface area contributed by atoms with Gasteiger partial charge >= 0.3 is 0 Å². The van der Waals surface area contributed by atoms with Gasteiger partial charge in [0.1, 0.15) is 63.9 Å². The maximum atomic E-state index is 14.8. The fraction of sp³-hybridized carbons (Fsp3) is 0.121. The van der Waals surface area contributed by atoms with Gasteiger partial charge in [0.05, 0.1) is 61.9 Å². The number of hydrogen-bond acceptors (Lipinski definition) is 22. The number of aromatic amines is 5. The quantitative estimate of drug-likeness (QED) is 0.0382. The molecular weight excluding hydrogens is 1710 g/mol. The first-order valence-corrected chi connectivity index (χ1v) is 42.6. The molecule has 0 saturated heterocycles. The second-order valence-corrected chi connectivity index (χ2v) is 32.1. The fourth-order valence-corrected chi connectivity index (χ4v) is 16.7.